The van der Waals surface area contributed by atoms with Crippen molar-refractivity contribution in [1.82, 2.24) is 5.32 Å². The van der Waals surface area contributed by atoms with Crippen LogP contribution >= 0.6 is 0 Å². The minimum atomic E-state index is -0.173. The van der Waals surface area contributed by atoms with Crippen LogP contribution in [0.3, 0.4) is 0 Å². The first-order valence-electron chi connectivity index (χ1n) is 6.24. The normalized spacial score (nSPS) is 17.1. The topological polar surface area (TPSA) is 21.3 Å². The standard InChI is InChI=1S/C14H20FNO/c1-17-10-12(9-16-14-6-7-14)8-11-2-4-13(15)5-3-11/h2-5,12,14,16H,6-10H2,1H3. The van der Waals surface area contributed by atoms with Crippen LogP contribution in [-0.4, -0.2) is 26.3 Å². The summed E-state index contributed by atoms with van der Waals surface area (Å²) in [5.41, 5.74) is 1.17. The van der Waals surface area contributed by atoms with E-state index in [9.17, 15) is 4.39 Å². The van der Waals surface area contributed by atoms with E-state index in [2.05, 4.69) is 5.32 Å². The van der Waals surface area contributed by atoms with Crippen LogP contribution in [0, 0.1) is 11.7 Å². The molecule has 1 aromatic rings. The number of rotatable bonds is 7. The lowest BCUT2D eigenvalue weighted by Crippen LogP contribution is -2.28. The number of methoxy groups -OCH3 is 1. The van der Waals surface area contributed by atoms with Crippen LogP contribution in [0.15, 0.2) is 24.3 Å². The summed E-state index contributed by atoms with van der Waals surface area (Å²) in [6.45, 7) is 1.73. The second-order valence-corrected chi connectivity index (χ2v) is 4.83. The zero-order valence-electron chi connectivity index (χ0n) is 10.3. The molecule has 0 radical (unpaired) electrons. The van der Waals surface area contributed by atoms with Crippen molar-refractivity contribution in [3.8, 4) is 0 Å². The summed E-state index contributed by atoms with van der Waals surface area (Å²) >= 11 is 0. The number of hydrogen-bond acceptors (Lipinski definition) is 2. The van der Waals surface area contributed by atoms with E-state index in [0.717, 1.165) is 25.6 Å². The molecule has 1 fully saturated rings. The molecule has 0 bridgehead atoms. The Morgan fingerprint density at radius 1 is 1.35 bits per heavy atom. The summed E-state index contributed by atoms with van der Waals surface area (Å²) in [7, 11) is 1.73. The van der Waals surface area contributed by atoms with E-state index in [-0.39, 0.29) is 5.82 Å². The molecule has 94 valence electrons. The van der Waals surface area contributed by atoms with Gasteiger partial charge in [0.05, 0.1) is 6.61 Å². The van der Waals surface area contributed by atoms with Crippen molar-refractivity contribution in [2.75, 3.05) is 20.3 Å². The Morgan fingerprint density at radius 2 is 2.06 bits per heavy atom. The van der Waals surface area contributed by atoms with E-state index >= 15 is 0 Å². The van der Waals surface area contributed by atoms with Gasteiger partial charge in [-0.2, -0.15) is 0 Å². The van der Waals surface area contributed by atoms with Gasteiger partial charge in [-0.15, -0.1) is 0 Å². The van der Waals surface area contributed by atoms with Gasteiger partial charge in [0.2, 0.25) is 0 Å². The summed E-state index contributed by atoms with van der Waals surface area (Å²) in [6, 6.07) is 7.48. The van der Waals surface area contributed by atoms with Crippen molar-refractivity contribution >= 4 is 0 Å². The molecule has 1 saturated carbocycles. The summed E-state index contributed by atoms with van der Waals surface area (Å²) in [6.07, 6.45) is 3.54. The number of ether oxygens (including phenoxy) is 1. The molecular weight excluding hydrogens is 217 g/mol. The highest BCUT2D eigenvalue weighted by Crippen LogP contribution is 2.19. The van der Waals surface area contributed by atoms with Crippen LogP contribution < -0.4 is 5.32 Å². The van der Waals surface area contributed by atoms with Crippen LogP contribution in [0.1, 0.15) is 18.4 Å². The van der Waals surface area contributed by atoms with Crippen molar-refractivity contribution in [3.05, 3.63) is 35.6 Å². The zero-order chi connectivity index (χ0) is 12.1. The van der Waals surface area contributed by atoms with Gasteiger partial charge in [0.1, 0.15) is 5.82 Å². The van der Waals surface area contributed by atoms with Crippen molar-refractivity contribution in [3.63, 3.8) is 0 Å². The highest BCUT2D eigenvalue weighted by Gasteiger charge is 2.21. The summed E-state index contributed by atoms with van der Waals surface area (Å²) in [4.78, 5) is 0. The summed E-state index contributed by atoms with van der Waals surface area (Å²) in [5, 5.41) is 3.52. The fraction of sp³-hybridized carbons (Fsp3) is 0.571. The first-order valence-corrected chi connectivity index (χ1v) is 6.24. The molecule has 3 heteroatoms. The maximum atomic E-state index is 12.8. The molecule has 1 unspecified atom stereocenters. The van der Waals surface area contributed by atoms with E-state index in [1.54, 1.807) is 7.11 Å². The Kier molecular flexibility index (Phi) is 4.51. The maximum Gasteiger partial charge on any atom is 0.123 e. The van der Waals surface area contributed by atoms with Gasteiger partial charge in [-0.1, -0.05) is 12.1 Å². The molecule has 1 N–H and O–H groups in total. The Morgan fingerprint density at radius 3 is 2.65 bits per heavy atom. The van der Waals surface area contributed by atoms with Crippen LogP contribution in [0.4, 0.5) is 4.39 Å². The molecule has 1 atom stereocenters. The predicted molar refractivity (Wildman–Crippen MR) is 66.5 cm³/mol. The second-order valence-electron chi connectivity index (χ2n) is 4.83. The van der Waals surface area contributed by atoms with Gasteiger partial charge in [-0.3, -0.25) is 0 Å². The lowest BCUT2D eigenvalue weighted by Gasteiger charge is -2.16. The van der Waals surface area contributed by atoms with E-state index in [1.807, 2.05) is 12.1 Å². The van der Waals surface area contributed by atoms with Crippen LogP contribution in [0.5, 0.6) is 0 Å². The Bertz CT molecular complexity index is 335. The zero-order valence-corrected chi connectivity index (χ0v) is 10.3. The molecule has 0 aliphatic heterocycles. The Labute approximate surface area is 102 Å². The molecule has 0 saturated heterocycles. The fourth-order valence-corrected chi connectivity index (χ4v) is 2.00. The molecule has 0 heterocycles. The van der Waals surface area contributed by atoms with Crippen molar-refractivity contribution in [1.29, 1.82) is 0 Å². The lowest BCUT2D eigenvalue weighted by atomic mass is 10.00. The monoisotopic (exact) mass is 237 g/mol. The minimum absolute atomic E-state index is 0.173. The summed E-state index contributed by atoms with van der Waals surface area (Å²) < 4.78 is 18.0. The van der Waals surface area contributed by atoms with E-state index in [1.165, 1.54) is 30.5 Å². The van der Waals surface area contributed by atoms with E-state index in [0.29, 0.717) is 5.92 Å². The number of halogens is 1. The largest absolute Gasteiger partial charge is 0.384 e. The molecule has 2 rings (SSSR count). The van der Waals surface area contributed by atoms with Gasteiger partial charge >= 0.3 is 0 Å². The number of benzene rings is 1. The highest BCUT2D eigenvalue weighted by molar-refractivity contribution is 5.16. The third-order valence-corrected chi connectivity index (χ3v) is 3.11. The molecule has 2 nitrogen and oxygen atoms in total. The average molecular weight is 237 g/mol. The van der Waals surface area contributed by atoms with E-state index < -0.39 is 0 Å². The molecule has 1 aliphatic rings. The Balaban J connectivity index is 1.84. The minimum Gasteiger partial charge on any atom is -0.384 e. The van der Waals surface area contributed by atoms with Crippen molar-refractivity contribution in [2.45, 2.75) is 25.3 Å². The average Bonchev–Trinajstić information content (AvgIpc) is 3.13. The second kappa shape index (κ2) is 6.12. The third kappa shape index (κ3) is 4.44. The molecule has 0 aromatic heterocycles. The molecule has 0 spiro atoms. The molecular formula is C14H20FNO. The van der Waals surface area contributed by atoms with Gasteiger partial charge in [0.15, 0.2) is 0 Å². The van der Waals surface area contributed by atoms with Gasteiger partial charge in [-0.25, -0.2) is 4.39 Å². The van der Waals surface area contributed by atoms with Crippen LogP contribution in [-0.2, 0) is 11.2 Å². The predicted octanol–water partition coefficient (Wildman–Crippen LogP) is 2.38. The van der Waals surface area contributed by atoms with Gasteiger partial charge in [-0.05, 0) is 42.9 Å². The smallest absolute Gasteiger partial charge is 0.123 e. The quantitative estimate of drug-likeness (QED) is 0.786. The molecule has 17 heavy (non-hydrogen) atoms. The SMILES string of the molecule is COCC(CNC1CC1)Cc1ccc(F)cc1. The summed E-state index contributed by atoms with van der Waals surface area (Å²) in [5.74, 6) is 0.291. The molecule has 1 aliphatic carbocycles. The van der Waals surface area contributed by atoms with Gasteiger partial charge in [0.25, 0.3) is 0 Å². The van der Waals surface area contributed by atoms with Gasteiger partial charge < -0.3 is 10.1 Å². The number of nitrogens with one attached hydrogen (secondary N) is 1. The molecule has 1 aromatic carbocycles. The van der Waals surface area contributed by atoms with Crippen LogP contribution in [0.2, 0.25) is 0 Å². The van der Waals surface area contributed by atoms with Crippen molar-refractivity contribution in [2.24, 2.45) is 5.92 Å². The number of hydrogen-bond donors (Lipinski definition) is 1. The first kappa shape index (κ1) is 12.5. The molecule has 0 amide bonds. The highest BCUT2D eigenvalue weighted by atomic mass is 19.1. The third-order valence-electron chi connectivity index (χ3n) is 3.11. The van der Waals surface area contributed by atoms with Crippen LogP contribution in [0.25, 0.3) is 0 Å². The first-order chi connectivity index (χ1) is 8.28. The maximum absolute atomic E-state index is 12.8. The lowest BCUT2D eigenvalue weighted by molar-refractivity contribution is 0.150. The fourth-order valence-electron chi connectivity index (χ4n) is 2.00. The van der Waals surface area contributed by atoms with Gasteiger partial charge in [0, 0.05) is 19.7 Å². The van der Waals surface area contributed by atoms with E-state index in [4.69, 9.17) is 4.74 Å². The van der Waals surface area contributed by atoms with Crippen molar-refractivity contribution < 1.29 is 9.13 Å². The Hall–Kier alpha value is -0.930.